The van der Waals surface area contributed by atoms with Gasteiger partial charge in [0, 0.05) is 22.5 Å². The minimum absolute atomic E-state index is 0.0603. The number of thioether (sulfide) groups is 1. The van der Waals surface area contributed by atoms with E-state index in [1.165, 1.54) is 0 Å². The molecule has 30 heavy (non-hydrogen) atoms. The topological polar surface area (TPSA) is 58.6 Å². The molecular weight excluding hydrogens is 396 g/mol. The minimum Gasteiger partial charge on any atom is -0.497 e. The summed E-state index contributed by atoms with van der Waals surface area (Å²) in [7, 11) is 1.59. The van der Waals surface area contributed by atoms with Crippen LogP contribution in [0.4, 0.5) is 11.4 Å². The Balaban J connectivity index is 1.62. The fraction of sp³-hybridized carbons (Fsp3) is 0.167. The number of benzene rings is 3. The summed E-state index contributed by atoms with van der Waals surface area (Å²) < 4.78 is 5.15. The van der Waals surface area contributed by atoms with Crippen LogP contribution in [0.1, 0.15) is 26.9 Å². The van der Waals surface area contributed by atoms with Gasteiger partial charge in [-0.2, -0.15) is 0 Å². The van der Waals surface area contributed by atoms with Crippen LogP contribution >= 0.6 is 11.8 Å². The molecule has 1 aliphatic rings. The van der Waals surface area contributed by atoms with E-state index in [0.29, 0.717) is 22.8 Å². The molecule has 3 aromatic carbocycles. The van der Waals surface area contributed by atoms with Crippen molar-refractivity contribution in [3.05, 3.63) is 89.5 Å². The molecule has 1 fully saturated rings. The number of para-hydroxylation sites is 1. The molecule has 5 nitrogen and oxygen atoms in total. The first-order valence-electron chi connectivity index (χ1n) is 9.61. The molecule has 3 aromatic rings. The lowest BCUT2D eigenvalue weighted by Gasteiger charge is -2.26. The number of nitrogens with one attached hydrogen (secondary N) is 1. The summed E-state index contributed by atoms with van der Waals surface area (Å²) in [5.74, 6) is 0.951. The van der Waals surface area contributed by atoms with Crippen molar-refractivity contribution in [1.82, 2.24) is 0 Å². The number of amides is 2. The van der Waals surface area contributed by atoms with Gasteiger partial charge in [0.25, 0.3) is 5.91 Å². The highest BCUT2D eigenvalue weighted by molar-refractivity contribution is 8.00. The van der Waals surface area contributed by atoms with Crippen molar-refractivity contribution in [1.29, 1.82) is 0 Å². The number of carbonyl (C=O) groups excluding carboxylic acids is 2. The largest absolute Gasteiger partial charge is 0.497 e. The Hall–Kier alpha value is -3.25. The highest BCUT2D eigenvalue weighted by atomic mass is 32.2. The Morgan fingerprint density at radius 2 is 1.73 bits per heavy atom. The molecule has 1 N–H and O–H groups in total. The van der Waals surface area contributed by atoms with Crippen LogP contribution < -0.4 is 15.0 Å². The van der Waals surface area contributed by atoms with Gasteiger partial charge in [-0.25, -0.2) is 0 Å². The lowest BCUT2D eigenvalue weighted by Crippen LogP contribution is -2.28. The SMILES string of the molecule is COc1ccc(C(=O)Nc2ccccc2[C@H]2SCC(=O)N2c2ccc(C)cc2)cc1. The Kier molecular flexibility index (Phi) is 5.77. The fourth-order valence-corrected chi connectivity index (χ4v) is 4.61. The third kappa shape index (κ3) is 4.04. The molecule has 6 heteroatoms. The predicted molar refractivity (Wildman–Crippen MR) is 121 cm³/mol. The predicted octanol–water partition coefficient (Wildman–Crippen LogP) is 5.03. The van der Waals surface area contributed by atoms with E-state index in [1.807, 2.05) is 60.4 Å². The lowest BCUT2D eigenvalue weighted by atomic mass is 10.1. The first kappa shape index (κ1) is 20.0. The summed E-state index contributed by atoms with van der Waals surface area (Å²) in [4.78, 5) is 27.3. The maximum absolute atomic E-state index is 12.8. The highest BCUT2D eigenvalue weighted by Crippen LogP contribution is 2.44. The average molecular weight is 419 g/mol. The van der Waals surface area contributed by atoms with Crippen LogP contribution in [0.25, 0.3) is 0 Å². The van der Waals surface area contributed by atoms with Crippen molar-refractivity contribution in [3.63, 3.8) is 0 Å². The van der Waals surface area contributed by atoms with Crippen molar-refractivity contribution in [3.8, 4) is 5.75 Å². The quantitative estimate of drug-likeness (QED) is 0.631. The number of carbonyl (C=O) groups is 2. The van der Waals surface area contributed by atoms with Gasteiger partial charge in [0.1, 0.15) is 11.1 Å². The second kappa shape index (κ2) is 8.63. The Labute approximate surface area is 180 Å². The number of anilines is 2. The summed E-state index contributed by atoms with van der Waals surface area (Å²) in [6, 6.07) is 22.5. The van der Waals surface area contributed by atoms with Crippen molar-refractivity contribution in [2.45, 2.75) is 12.3 Å². The molecule has 0 saturated carbocycles. The summed E-state index contributed by atoms with van der Waals surface area (Å²) >= 11 is 1.56. The lowest BCUT2D eigenvalue weighted by molar-refractivity contribution is -0.115. The van der Waals surface area contributed by atoms with Crippen molar-refractivity contribution < 1.29 is 14.3 Å². The van der Waals surface area contributed by atoms with E-state index in [4.69, 9.17) is 4.74 Å². The van der Waals surface area contributed by atoms with Crippen LogP contribution in [-0.2, 0) is 4.79 Å². The number of hydrogen-bond acceptors (Lipinski definition) is 4. The summed E-state index contributed by atoms with van der Waals surface area (Å²) in [6.45, 7) is 2.02. The highest BCUT2D eigenvalue weighted by Gasteiger charge is 2.35. The number of ether oxygens (including phenoxy) is 1. The van der Waals surface area contributed by atoms with Gasteiger partial charge in [0.15, 0.2) is 0 Å². The first-order valence-corrected chi connectivity index (χ1v) is 10.7. The number of hydrogen-bond donors (Lipinski definition) is 1. The van der Waals surface area contributed by atoms with E-state index in [1.54, 1.807) is 43.1 Å². The van der Waals surface area contributed by atoms with E-state index in [2.05, 4.69) is 5.32 Å². The zero-order chi connectivity index (χ0) is 21.1. The number of methoxy groups -OCH3 is 1. The van der Waals surface area contributed by atoms with Crippen LogP contribution in [0.5, 0.6) is 5.75 Å². The maximum Gasteiger partial charge on any atom is 0.255 e. The molecule has 152 valence electrons. The van der Waals surface area contributed by atoms with Crippen LogP contribution in [0.15, 0.2) is 72.8 Å². The minimum atomic E-state index is -0.207. The molecule has 1 heterocycles. The van der Waals surface area contributed by atoms with E-state index >= 15 is 0 Å². The summed E-state index contributed by atoms with van der Waals surface area (Å²) in [5.41, 5.74) is 4.13. The molecule has 1 saturated heterocycles. The standard InChI is InChI=1S/C24H22N2O3S/c1-16-7-11-18(12-8-16)26-22(27)15-30-24(26)20-5-3-4-6-21(20)25-23(28)17-9-13-19(29-2)14-10-17/h3-14,24H,15H2,1-2H3,(H,25,28)/t24-/m1/s1. The van der Waals surface area contributed by atoms with Gasteiger partial charge in [-0.05, 0) is 49.4 Å². The van der Waals surface area contributed by atoms with Crippen molar-refractivity contribution >= 4 is 35.0 Å². The zero-order valence-electron chi connectivity index (χ0n) is 16.8. The van der Waals surface area contributed by atoms with Crippen LogP contribution in [0, 0.1) is 6.92 Å². The molecule has 1 atom stereocenters. The van der Waals surface area contributed by atoms with E-state index in [-0.39, 0.29) is 17.2 Å². The van der Waals surface area contributed by atoms with E-state index in [9.17, 15) is 9.59 Å². The monoisotopic (exact) mass is 418 g/mol. The van der Waals surface area contributed by atoms with Crippen LogP contribution in [-0.4, -0.2) is 24.7 Å². The molecular formula is C24H22N2O3S. The normalized spacial score (nSPS) is 15.9. The van der Waals surface area contributed by atoms with Gasteiger partial charge in [-0.3, -0.25) is 14.5 Å². The maximum atomic E-state index is 12.8. The van der Waals surface area contributed by atoms with Gasteiger partial charge in [0.2, 0.25) is 5.91 Å². The molecule has 0 radical (unpaired) electrons. The first-order chi connectivity index (χ1) is 14.6. The summed E-state index contributed by atoms with van der Waals surface area (Å²) in [5, 5.41) is 2.80. The van der Waals surface area contributed by atoms with Crippen molar-refractivity contribution in [2.24, 2.45) is 0 Å². The molecule has 4 rings (SSSR count). The average Bonchev–Trinajstić information content (AvgIpc) is 3.16. The Morgan fingerprint density at radius 1 is 1.03 bits per heavy atom. The van der Waals surface area contributed by atoms with Crippen molar-refractivity contribution in [2.75, 3.05) is 23.1 Å². The number of rotatable bonds is 5. The molecule has 0 bridgehead atoms. The number of aryl methyl sites for hydroxylation is 1. The fourth-order valence-electron chi connectivity index (χ4n) is 3.40. The van der Waals surface area contributed by atoms with E-state index < -0.39 is 0 Å². The molecule has 0 aromatic heterocycles. The molecule has 0 aliphatic carbocycles. The third-order valence-corrected chi connectivity index (χ3v) is 6.20. The number of nitrogens with zero attached hydrogens (tertiary/aromatic N) is 1. The Morgan fingerprint density at radius 3 is 2.43 bits per heavy atom. The molecule has 2 amide bonds. The molecule has 0 unspecified atom stereocenters. The van der Waals surface area contributed by atoms with E-state index in [0.717, 1.165) is 16.8 Å². The second-order valence-electron chi connectivity index (χ2n) is 7.03. The third-order valence-electron chi connectivity index (χ3n) is 5.01. The second-order valence-corrected chi connectivity index (χ2v) is 8.10. The van der Waals surface area contributed by atoms with Crippen LogP contribution in [0.3, 0.4) is 0 Å². The van der Waals surface area contributed by atoms with Gasteiger partial charge in [-0.15, -0.1) is 11.8 Å². The van der Waals surface area contributed by atoms with Gasteiger partial charge < -0.3 is 10.1 Å². The van der Waals surface area contributed by atoms with Crippen LogP contribution in [0.2, 0.25) is 0 Å². The van der Waals surface area contributed by atoms with Gasteiger partial charge >= 0.3 is 0 Å². The Bertz CT molecular complexity index is 1060. The zero-order valence-corrected chi connectivity index (χ0v) is 17.6. The summed E-state index contributed by atoms with van der Waals surface area (Å²) in [6.07, 6.45) is 0. The smallest absolute Gasteiger partial charge is 0.255 e. The van der Waals surface area contributed by atoms with Gasteiger partial charge in [0.05, 0.1) is 12.9 Å². The molecule has 0 spiro atoms. The van der Waals surface area contributed by atoms with Gasteiger partial charge in [-0.1, -0.05) is 35.9 Å². The molecule has 1 aliphatic heterocycles.